The number of H-pyrrole nitrogens is 1. The number of halogens is 1. The van der Waals surface area contributed by atoms with E-state index >= 15 is 0 Å². The molecule has 0 saturated carbocycles. The Kier molecular flexibility index (Phi) is 6.36. The molecule has 142 valence electrons. The average molecular weight is 432 g/mol. The lowest BCUT2D eigenvalue weighted by Crippen LogP contribution is -2.20. The number of hydrogen-bond acceptors (Lipinski definition) is 4. The van der Waals surface area contributed by atoms with E-state index in [1.807, 2.05) is 18.2 Å². The first-order valence-electron chi connectivity index (χ1n) is 8.61. The molecular weight excluding hydrogens is 410 g/mol. The predicted octanol–water partition coefficient (Wildman–Crippen LogP) is 3.14. The summed E-state index contributed by atoms with van der Waals surface area (Å²) in [6, 6.07) is 12.1. The molecule has 7 heteroatoms. The number of hydrogen-bond donors (Lipinski definition) is 3. The van der Waals surface area contributed by atoms with E-state index in [9.17, 15) is 4.79 Å². The molecule has 0 bridgehead atoms. The summed E-state index contributed by atoms with van der Waals surface area (Å²) in [7, 11) is 1.56. The molecule has 0 saturated heterocycles. The molecule has 3 aromatic rings. The quantitative estimate of drug-likeness (QED) is 0.454. The maximum absolute atomic E-state index is 10.9. The highest BCUT2D eigenvalue weighted by Gasteiger charge is 2.13. The van der Waals surface area contributed by atoms with Gasteiger partial charge in [0, 0.05) is 23.6 Å². The van der Waals surface area contributed by atoms with Crippen molar-refractivity contribution in [3.05, 3.63) is 58.2 Å². The van der Waals surface area contributed by atoms with Crippen molar-refractivity contribution in [2.24, 2.45) is 5.73 Å². The number of carbonyl (C=O) groups excluding carboxylic acids is 1. The van der Waals surface area contributed by atoms with Gasteiger partial charge in [0.1, 0.15) is 0 Å². The van der Waals surface area contributed by atoms with Crippen molar-refractivity contribution >= 4 is 32.7 Å². The number of nitrogens with two attached hydrogens (primary N) is 1. The maximum atomic E-state index is 10.9. The Hall–Kier alpha value is -2.51. The zero-order valence-electron chi connectivity index (χ0n) is 15.0. The SMILES string of the molecule is COc1cc(CNCCc2c[nH]c3ccccc23)cc(Br)c1OCC(N)=O. The fourth-order valence-electron chi connectivity index (χ4n) is 2.95. The van der Waals surface area contributed by atoms with E-state index in [0.717, 1.165) is 28.5 Å². The minimum absolute atomic E-state index is 0.197. The van der Waals surface area contributed by atoms with E-state index in [0.29, 0.717) is 18.0 Å². The molecule has 0 aliphatic rings. The van der Waals surface area contributed by atoms with Gasteiger partial charge in [0.15, 0.2) is 18.1 Å². The minimum atomic E-state index is -0.535. The standard InChI is InChI=1S/C20H22BrN3O3/c1-26-18-9-13(8-16(21)20(18)27-12-19(22)25)10-23-7-6-14-11-24-17-5-3-2-4-15(14)17/h2-5,8-9,11,23-24H,6-7,10,12H2,1H3,(H2,22,25). The third kappa shape index (κ3) is 4.81. The van der Waals surface area contributed by atoms with Crippen LogP contribution in [-0.4, -0.2) is 31.2 Å². The van der Waals surface area contributed by atoms with Gasteiger partial charge in [0.25, 0.3) is 5.91 Å². The fraction of sp³-hybridized carbons (Fsp3) is 0.250. The summed E-state index contributed by atoms with van der Waals surface area (Å²) >= 11 is 3.47. The van der Waals surface area contributed by atoms with Crippen LogP contribution >= 0.6 is 15.9 Å². The van der Waals surface area contributed by atoms with E-state index in [1.54, 1.807) is 7.11 Å². The maximum Gasteiger partial charge on any atom is 0.255 e. The van der Waals surface area contributed by atoms with Gasteiger partial charge in [0.2, 0.25) is 0 Å². The molecule has 0 radical (unpaired) electrons. The molecule has 2 aromatic carbocycles. The second-order valence-corrected chi connectivity index (χ2v) is 7.00. The summed E-state index contributed by atoms with van der Waals surface area (Å²) in [5.41, 5.74) is 8.64. The van der Waals surface area contributed by atoms with E-state index < -0.39 is 5.91 Å². The number of nitrogens with one attached hydrogen (secondary N) is 2. The molecule has 1 amide bonds. The van der Waals surface area contributed by atoms with Gasteiger partial charge in [-0.3, -0.25) is 4.79 Å². The number of ether oxygens (including phenoxy) is 2. The molecule has 0 aliphatic heterocycles. The lowest BCUT2D eigenvalue weighted by molar-refractivity contribution is -0.119. The molecule has 0 atom stereocenters. The molecular formula is C20H22BrN3O3. The number of primary amides is 1. The lowest BCUT2D eigenvalue weighted by Gasteiger charge is -2.14. The van der Waals surface area contributed by atoms with Crippen molar-refractivity contribution in [1.82, 2.24) is 10.3 Å². The van der Waals surface area contributed by atoms with Crippen LogP contribution in [0.2, 0.25) is 0 Å². The fourth-order valence-corrected chi connectivity index (χ4v) is 3.56. The van der Waals surface area contributed by atoms with Gasteiger partial charge in [-0.2, -0.15) is 0 Å². The molecule has 4 N–H and O–H groups in total. The topological polar surface area (TPSA) is 89.4 Å². The van der Waals surface area contributed by atoms with Gasteiger partial charge in [-0.05, 0) is 58.2 Å². The van der Waals surface area contributed by atoms with Gasteiger partial charge < -0.3 is 25.5 Å². The molecule has 1 aromatic heterocycles. The number of carbonyl (C=O) groups is 1. The summed E-state index contributed by atoms with van der Waals surface area (Å²) in [4.78, 5) is 14.2. The Morgan fingerprint density at radius 2 is 2.11 bits per heavy atom. The molecule has 3 rings (SSSR count). The first-order chi connectivity index (χ1) is 13.1. The van der Waals surface area contributed by atoms with Gasteiger partial charge in [-0.15, -0.1) is 0 Å². The van der Waals surface area contributed by atoms with Gasteiger partial charge in [0.05, 0.1) is 11.6 Å². The lowest BCUT2D eigenvalue weighted by atomic mass is 10.1. The third-order valence-corrected chi connectivity index (χ3v) is 4.81. The van der Waals surface area contributed by atoms with Crippen molar-refractivity contribution in [1.29, 1.82) is 0 Å². The summed E-state index contributed by atoms with van der Waals surface area (Å²) in [5, 5.41) is 4.71. The largest absolute Gasteiger partial charge is 0.493 e. The van der Waals surface area contributed by atoms with Gasteiger partial charge in [-0.25, -0.2) is 0 Å². The molecule has 0 fully saturated rings. The van der Waals surface area contributed by atoms with Crippen LogP contribution in [0.15, 0.2) is 47.1 Å². The molecule has 1 heterocycles. The van der Waals surface area contributed by atoms with Crippen LogP contribution in [0.1, 0.15) is 11.1 Å². The molecule has 6 nitrogen and oxygen atoms in total. The van der Waals surface area contributed by atoms with Crippen LogP contribution < -0.4 is 20.5 Å². The van der Waals surface area contributed by atoms with E-state index in [4.69, 9.17) is 15.2 Å². The number of para-hydroxylation sites is 1. The molecule has 0 aliphatic carbocycles. The number of methoxy groups -OCH3 is 1. The summed E-state index contributed by atoms with van der Waals surface area (Å²) < 4.78 is 11.5. The van der Waals surface area contributed by atoms with Gasteiger partial charge >= 0.3 is 0 Å². The number of amides is 1. The van der Waals surface area contributed by atoms with Crippen molar-refractivity contribution in [2.75, 3.05) is 20.3 Å². The zero-order valence-corrected chi connectivity index (χ0v) is 16.6. The Morgan fingerprint density at radius 1 is 1.30 bits per heavy atom. The highest BCUT2D eigenvalue weighted by atomic mass is 79.9. The van der Waals surface area contributed by atoms with E-state index in [1.165, 1.54) is 10.9 Å². The highest BCUT2D eigenvalue weighted by Crippen LogP contribution is 2.36. The average Bonchev–Trinajstić information content (AvgIpc) is 3.07. The second kappa shape index (κ2) is 8.92. The second-order valence-electron chi connectivity index (χ2n) is 6.15. The normalized spacial score (nSPS) is 10.9. The molecule has 0 unspecified atom stereocenters. The number of rotatable bonds is 9. The Labute approximate surface area is 166 Å². The van der Waals surface area contributed by atoms with Crippen molar-refractivity contribution in [3.8, 4) is 11.5 Å². The van der Waals surface area contributed by atoms with Crippen LogP contribution in [0.3, 0.4) is 0 Å². The number of aromatic nitrogens is 1. The first kappa shape index (κ1) is 19.3. The molecule has 0 spiro atoms. The minimum Gasteiger partial charge on any atom is -0.493 e. The Morgan fingerprint density at radius 3 is 2.89 bits per heavy atom. The monoisotopic (exact) mass is 431 g/mol. The number of aromatic amines is 1. The Balaban J connectivity index is 1.59. The predicted molar refractivity (Wildman–Crippen MR) is 109 cm³/mol. The van der Waals surface area contributed by atoms with Crippen LogP contribution in [0, 0.1) is 0 Å². The summed E-state index contributed by atoms with van der Waals surface area (Å²) in [6.45, 7) is 1.34. The third-order valence-electron chi connectivity index (χ3n) is 4.22. The number of fused-ring (bicyclic) bond motifs is 1. The van der Waals surface area contributed by atoms with Crippen molar-refractivity contribution in [3.63, 3.8) is 0 Å². The van der Waals surface area contributed by atoms with Crippen molar-refractivity contribution in [2.45, 2.75) is 13.0 Å². The van der Waals surface area contributed by atoms with Crippen LogP contribution in [0.5, 0.6) is 11.5 Å². The van der Waals surface area contributed by atoms with E-state index in [2.05, 4.69) is 50.6 Å². The zero-order chi connectivity index (χ0) is 19.2. The Bertz CT molecular complexity index is 939. The van der Waals surface area contributed by atoms with E-state index in [-0.39, 0.29) is 6.61 Å². The number of benzene rings is 2. The van der Waals surface area contributed by atoms with Crippen LogP contribution in [0.25, 0.3) is 10.9 Å². The molecule has 27 heavy (non-hydrogen) atoms. The first-order valence-corrected chi connectivity index (χ1v) is 9.41. The van der Waals surface area contributed by atoms with Crippen LogP contribution in [-0.2, 0) is 17.8 Å². The smallest absolute Gasteiger partial charge is 0.255 e. The van der Waals surface area contributed by atoms with Crippen molar-refractivity contribution < 1.29 is 14.3 Å². The highest BCUT2D eigenvalue weighted by molar-refractivity contribution is 9.10. The van der Waals surface area contributed by atoms with Crippen LogP contribution in [0.4, 0.5) is 0 Å². The summed E-state index contributed by atoms with van der Waals surface area (Å²) in [6.07, 6.45) is 3.00. The summed E-state index contributed by atoms with van der Waals surface area (Å²) in [5.74, 6) is 0.491. The van der Waals surface area contributed by atoms with Gasteiger partial charge in [-0.1, -0.05) is 18.2 Å².